The second-order valence-electron chi connectivity index (χ2n) is 5.41. The van der Waals surface area contributed by atoms with E-state index in [2.05, 4.69) is 17.0 Å². The van der Waals surface area contributed by atoms with E-state index in [9.17, 15) is 0 Å². The molecule has 0 saturated carbocycles. The van der Waals surface area contributed by atoms with Gasteiger partial charge < -0.3 is 9.47 Å². The summed E-state index contributed by atoms with van der Waals surface area (Å²) >= 11 is 5.87. The van der Waals surface area contributed by atoms with Gasteiger partial charge >= 0.3 is 0 Å². The highest BCUT2D eigenvalue weighted by Gasteiger charge is 2.19. The van der Waals surface area contributed by atoms with Gasteiger partial charge in [0.2, 0.25) is 0 Å². The van der Waals surface area contributed by atoms with Gasteiger partial charge in [-0.2, -0.15) is 0 Å². The van der Waals surface area contributed by atoms with Crippen molar-refractivity contribution in [3.05, 3.63) is 23.8 Å². The van der Waals surface area contributed by atoms with Gasteiger partial charge in [-0.05, 0) is 49.4 Å². The summed E-state index contributed by atoms with van der Waals surface area (Å²) in [6.07, 6.45) is 3.72. The van der Waals surface area contributed by atoms with Gasteiger partial charge in [0.25, 0.3) is 0 Å². The zero-order valence-electron chi connectivity index (χ0n) is 12.4. The van der Waals surface area contributed by atoms with Gasteiger partial charge in [-0.1, -0.05) is 6.07 Å². The molecule has 0 aromatic heterocycles. The Morgan fingerprint density at radius 3 is 2.75 bits per heavy atom. The minimum absolute atomic E-state index is 0.751. The summed E-state index contributed by atoms with van der Waals surface area (Å²) in [7, 11) is 3.35. The number of hydrogen-bond donors (Lipinski definition) is 0. The molecule has 20 heavy (non-hydrogen) atoms. The number of benzene rings is 1. The lowest BCUT2D eigenvalue weighted by Gasteiger charge is -2.32. The monoisotopic (exact) mass is 297 g/mol. The first-order chi connectivity index (χ1) is 9.76. The van der Waals surface area contributed by atoms with Crippen LogP contribution in [-0.2, 0) is 6.54 Å². The molecule has 1 saturated heterocycles. The van der Waals surface area contributed by atoms with Crippen LogP contribution >= 0.6 is 11.6 Å². The van der Waals surface area contributed by atoms with Crippen molar-refractivity contribution in [1.29, 1.82) is 0 Å². The van der Waals surface area contributed by atoms with Crippen molar-refractivity contribution in [2.45, 2.75) is 25.8 Å². The highest BCUT2D eigenvalue weighted by atomic mass is 35.5. The van der Waals surface area contributed by atoms with Crippen LogP contribution in [0.5, 0.6) is 11.5 Å². The minimum Gasteiger partial charge on any atom is -0.493 e. The molecule has 0 bridgehead atoms. The van der Waals surface area contributed by atoms with Gasteiger partial charge in [-0.15, -0.1) is 11.6 Å². The molecule has 0 aliphatic carbocycles. The molecule has 0 amide bonds. The summed E-state index contributed by atoms with van der Waals surface area (Å²) in [5.41, 5.74) is 1.27. The molecule has 1 aliphatic heterocycles. The standard InChI is InChI=1S/C16H24ClNO2/c1-19-15-6-5-14(10-16(15)20-2)12-18-9-3-4-13(11-18)7-8-17/h5-6,10,13H,3-4,7-9,11-12H2,1-2H3. The third-order valence-corrected chi connectivity index (χ3v) is 4.19. The Morgan fingerprint density at radius 2 is 2.05 bits per heavy atom. The second-order valence-corrected chi connectivity index (χ2v) is 5.79. The molecule has 3 nitrogen and oxygen atoms in total. The van der Waals surface area contributed by atoms with Crippen LogP contribution in [0.2, 0.25) is 0 Å². The predicted octanol–water partition coefficient (Wildman–Crippen LogP) is 3.54. The zero-order chi connectivity index (χ0) is 14.4. The Kier molecular flexibility index (Phi) is 5.99. The number of alkyl halides is 1. The average molecular weight is 298 g/mol. The van der Waals surface area contributed by atoms with Crippen molar-refractivity contribution >= 4 is 11.6 Å². The van der Waals surface area contributed by atoms with Gasteiger partial charge in [0.15, 0.2) is 11.5 Å². The number of hydrogen-bond acceptors (Lipinski definition) is 3. The predicted molar refractivity (Wildman–Crippen MR) is 82.9 cm³/mol. The first-order valence-electron chi connectivity index (χ1n) is 7.26. The highest BCUT2D eigenvalue weighted by molar-refractivity contribution is 6.17. The fraction of sp³-hybridized carbons (Fsp3) is 0.625. The molecular formula is C16H24ClNO2. The summed E-state index contributed by atoms with van der Waals surface area (Å²) in [6.45, 7) is 3.30. The lowest BCUT2D eigenvalue weighted by molar-refractivity contribution is 0.165. The Labute approximate surface area is 126 Å². The largest absolute Gasteiger partial charge is 0.493 e. The maximum atomic E-state index is 5.87. The van der Waals surface area contributed by atoms with Crippen LogP contribution in [-0.4, -0.2) is 38.1 Å². The SMILES string of the molecule is COc1ccc(CN2CCCC(CCCl)C2)cc1OC. The summed E-state index contributed by atoms with van der Waals surface area (Å²) in [6, 6.07) is 6.17. The van der Waals surface area contributed by atoms with Crippen molar-refractivity contribution in [2.24, 2.45) is 5.92 Å². The van der Waals surface area contributed by atoms with Crippen molar-refractivity contribution in [3.63, 3.8) is 0 Å². The summed E-state index contributed by atoms with van der Waals surface area (Å²) in [5, 5.41) is 0. The number of likely N-dealkylation sites (tertiary alicyclic amines) is 1. The quantitative estimate of drug-likeness (QED) is 0.750. The van der Waals surface area contributed by atoms with E-state index in [-0.39, 0.29) is 0 Å². The van der Waals surface area contributed by atoms with Crippen molar-refractivity contribution in [2.75, 3.05) is 33.2 Å². The topological polar surface area (TPSA) is 21.7 Å². The number of ether oxygens (including phenoxy) is 2. The van der Waals surface area contributed by atoms with Crippen LogP contribution in [0.25, 0.3) is 0 Å². The Hall–Kier alpha value is -0.930. The first-order valence-corrected chi connectivity index (χ1v) is 7.79. The number of halogens is 1. The first kappa shape index (κ1) is 15.5. The molecule has 4 heteroatoms. The fourth-order valence-electron chi connectivity index (χ4n) is 2.92. The Morgan fingerprint density at radius 1 is 1.25 bits per heavy atom. The van der Waals surface area contributed by atoms with Crippen LogP contribution in [0.1, 0.15) is 24.8 Å². The minimum atomic E-state index is 0.751. The molecule has 1 aromatic carbocycles. The Bertz CT molecular complexity index is 423. The molecule has 1 aliphatic rings. The van der Waals surface area contributed by atoms with Crippen LogP contribution in [0.3, 0.4) is 0 Å². The molecule has 1 unspecified atom stereocenters. The van der Waals surface area contributed by atoms with Gasteiger partial charge in [0.1, 0.15) is 0 Å². The molecule has 1 fully saturated rings. The van der Waals surface area contributed by atoms with Gasteiger partial charge in [0.05, 0.1) is 14.2 Å². The number of rotatable bonds is 6. The molecule has 112 valence electrons. The normalized spacial score (nSPS) is 19.9. The lowest BCUT2D eigenvalue weighted by Crippen LogP contribution is -2.35. The molecule has 1 heterocycles. The summed E-state index contributed by atoms with van der Waals surface area (Å²) < 4.78 is 10.6. The second kappa shape index (κ2) is 7.75. The van der Waals surface area contributed by atoms with Gasteiger partial charge in [-0.25, -0.2) is 0 Å². The Balaban J connectivity index is 1.98. The zero-order valence-corrected chi connectivity index (χ0v) is 13.2. The number of methoxy groups -OCH3 is 2. The van der Waals surface area contributed by atoms with Crippen LogP contribution < -0.4 is 9.47 Å². The van der Waals surface area contributed by atoms with Crippen molar-refractivity contribution in [3.8, 4) is 11.5 Å². The van der Waals surface area contributed by atoms with Crippen LogP contribution in [0.15, 0.2) is 18.2 Å². The van der Waals surface area contributed by atoms with Crippen molar-refractivity contribution in [1.82, 2.24) is 4.90 Å². The third kappa shape index (κ3) is 4.03. The van der Waals surface area contributed by atoms with E-state index in [1.165, 1.54) is 24.9 Å². The van der Waals surface area contributed by atoms with E-state index in [4.69, 9.17) is 21.1 Å². The van der Waals surface area contributed by atoms with E-state index < -0.39 is 0 Å². The van der Waals surface area contributed by atoms with Crippen molar-refractivity contribution < 1.29 is 9.47 Å². The summed E-state index contributed by atoms with van der Waals surface area (Å²) in [5.74, 6) is 3.12. The molecule has 0 N–H and O–H groups in total. The molecule has 1 aromatic rings. The fourth-order valence-corrected chi connectivity index (χ4v) is 3.23. The van der Waals surface area contributed by atoms with E-state index in [1.807, 2.05) is 6.07 Å². The maximum absolute atomic E-state index is 5.87. The lowest BCUT2D eigenvalue weighted by atomic mass is 9.95. The van der Waals surface area contributed by atoms with E-state index in [1.54, 1.807) is 14.2 Å². The van der Waals surface area contributed by atoms with E-state index in [0.29, 0.717) is 0 Å². The molecule has 0 radical (unpaired) electrons. The molecular weight excluding hydrogens is 274 g/mol. The summed E-state index contributed by atoms with van der Waals surface area (Å²) in [4.78, 5) is 2.52. The highest BCUT2D eigenvalue weighted by Crippen LogP contribution is 2.29. The number of piperidine rings is 1. The smallest absolute Gasteiger partial charge is 0.161 e. The number of nitrogens with zero attached hydrogens (tertiary/aromatic N) is 1. The van der Waals surface area contributed by atoms with Crippen LogP contribution in [0, 0.1) is 5.92 Å². The van der Waals surface area contributed by atoms with E-state index in [0.717, 1.165) is 42.8 Å². The average Bonchev–Trinajstić information content (AvgIpc) is 2.48. The van der Waals surface area contributed by atoms with Crippen LogP contribution in [0.4, 0.5) is 0 Å². The molecule has 0 spiro atoms. The maximum Gasteiger partial charge on any atom is 0.161 e. The van der Waals surface area contributed by atoms with Gasteiger partial charge in [-0.3, -0.25) is 4.90 Å². The molecule has 2 rings (SSSR count). The van der Waals surface area contributed by atoms with E-state index >= 15 is 0 Å². The molecule has 1 atom stereocenters. The van der Waals surface area contributed by atoms with Gasteiger partial charge in [0, 0.05) is 19.0 Å². The third-order valence-electron chi connectivity index (χ3n) is 3.97.